The van der Waals surface area contributed by atoms with E-state index in [1.807, 2.05) is 13.1 Å². The third-order valence-electron chi connectivity index (χ3n) is 5.18. The van der Waals surface area contributed by atoms with Crippen LogP contribution in [0.1, 0.15) is 42.6 Å². The maximum absolute atomic E-state index is 12.3. The molecule has 0 unspecified atom stereocenters. The summed E-state index contributed by atoms with van der Waals surface area (Å²) in [6.07, 6.45) is 4.89. The maximum atomic E-state index is 12.3. The van der Waals surface area contributed by atoms with Crippen molar-refractivity contribution < 1.29 is 9.59 Å². The molecule has 2 heterocycles. The number of nitrogens with zero attached hydrogens (tertiary/aromatic N) is 3. The van der Waals surface area contributed by atoms with Crippen molar-refractivity contribution in [2.45, 2.75) is 58.5 Å². The Kier molecular flexibility index (Phi) is 6.27. The quantitative estimate of drug-likeness (QED) is 0.526. The van der Waals surface area contributed by atoms with Crippen molar-refractivity contribution in [1.82, 2.24) is 35.8 Å². The SMILES string of the molecule is Cc1cn(CCNC(=O)C2CCC(NC(=O)Cc3c(C)[nH][nH]c3=O)CC2)nn1. The molecule has 0 bridgehead atoms. The zero-order valence-electron chi connectivity index (χ0n) is 16.2. The van der Waals surface area contributed by atoms with Gasteiger partial charge in [0.25, 0.3) is 5.56 Å². The fourth-order valence-electron chi connectivity index (χ4n) is 3.57. The Morgan fingerprint density at radius 2 is 1.96 bits per heavy atom. The monoisotopic (exact) mass is 389 g/mol. The van der Waals surface area contributed by atoms with E-state index in [0.29, 0.717) is 24.3 Å². The molecule has 0 radical (unpaired) electrons. The van der Waals surface area contributed by atoms with Crippen LogP contribution in [0.5, 0.6) is 0 Å². The number of carbonyl (C=O) groups is 2. The van der Waals surface area contributed by atoms with E-state index in [1.54, 1.807) is 11.6 Å². The van der Waals surface area contributed by atoms with Gasteiger partial charge in [-0.05, 0) is 39.5 Å². The van der Waals surface area contributed by atoms with Gasteiger partial charge in [-0.25, -0.2) is 0 Å². The van der Waals surface area contributed by atoms with Crippen LogP contribution >= 0.6 is 0 Å². The minimum Gasteiger partial charge on any atom is -0.354 e. The van der Waals surface area contributed by atoms with Crippen LogP contribution < -0.4 is 16.2 Å². The first-order valence-electron chi connectivity index (χ1n) is 9.62. The second-order valence-electron chi connectivity index (χ2n) is 7.39. The van der Waals surface area contributed by atoms with E-state index in [1.165, 1.54) is 0 Å². The second-order valence-corrected chi connectivity index (χ2v) is 7.39. The van der Waals surface area contributed by atoms with Gasteiger partial charge in [-0.1, -0.05) is 5.21 Å². The summed E-state index contributed by atoms with van der Waals surface area (Å²) >= 11 is 0. The van der Waals surface area contributed by atoms with Gasteiger partial charge in [0.15, 0.2) is 0 Å². The van der Waals surface area contributed by atoms with Gasteiger partial charge in [0.05, 0.1) is 18.7 Å². The Balaban J connectivity index is 1.37. The molecular formula is C18H27N7O3. The van der Waals surface area contributed by atoms with E-state index in [2.05, 4.69) is 31.1 Å². The molecule has 2 amide bonds. The Morgan fingerprint density at radius 1 is 1.21 bits per heavy atom. The van der Waals surface area contributed by atoms with Gasteiger partial charge in [0.2, 0.25) is 11.8 Å². The fourth-order valence-corrected chi connectivity index (χ4v) is 3.57. The van der Waals surface area contributed by atoms with Crippen molar-refractivity contribution in [3.05, 3.63) is 33.5 Å². The Morgan fingerprint density at radius 3 is 2.57 bits per heavy atom. The van der Waals surface area contributed by atoms with Crippen molar-refractivity contribution in [2.24, 2.45) is 5.92 Å². The zero-order valence-corrected chi connectivity index (χ0v) is 16.2. The van der Waals surface area contributed by atoms with Crippen molar-refractivity contribution in [2.75, 3.05) is 6.54 Å². The molecule has 10 heteroatoms. The number of aromatic nitrogens is 5. The third kappa shape index (κ3) is 5.08. The second kappa shape index (κ2) is 8.85. The summed E-state index contributed by atoms with van der Waals surface area (Å²) < 4.78 is 1.71. The first-order chi connectivity index (χ1) is 13.4. The van der Waals surface area contributed by atoms with Crippen molar-refractivity contribution >= 4 is 11.8 Å². The van der Waals surface area contributed by atoms with Crippen LogP contribution in [0.4, 0.5) is 0 Å². The first kappa shape index (κ1) is 19.8. The minimum atomic E-state index is -0.255. The highest BCUT2D eigenvalue weighted by Gasteiger charge is 2.27. The number of aryl methyl sites for hydroxylation is 2. The number of nitrogens with one attached hydrogen (secondary N) is 4. The van der Waals surface area contributed by atoms with Crippen molar-refractivity contribution in [1.29, 1.82) is 0 Å². The van der Waals surface area contributed by atoms with E-state index in [0.717, 1.165) is 31.4 Å². The zero-order chi connectivity index (χ0) is 20.1. The summed E-state index contributed by atoms with van der Waals surface area (Å²) in [5.41, 5.74) is 1.74. The van der Waals surface area contributed by atoms with Gasteiger partial charge in [-0.2, -0.15) is 0 Å². The molecule has 1 aliphatic rings. The molecule has 0 aromatic carbocycles. The topological polar surface area (TPSA) is 138 Å². The Labute approximate surface area is 162 Å². The van der Waals surface area contributed by atoms with E-state index in [4.69, 9.17) is 0 Å². The van der Waals surface area contributed by atoms with Crippen LogP contribution in [0, 0.1) is 19.8 Å². The van der Waals surface area contributed by atoms with E-state index >= 15 is 0 Å². The highest BCUT2D eigenvalue weighted by molar-refractivity contribution is 5.80. The summed E-state index contributed by atoms with van der Waals surface area (Å²) in [7, 11) is 0. The number of amides is 2. The Hall–Kier alpha value is -2.91. The molecule has 4 N–H and O–H groups in total. The number of aromatic amines is 2. The van der Waals surface area contributed by atoms with Gasteiger partial charge in [-0.3, -0.25) is 24.2 Å². The van der Waals surface area contributed by atoms with E-state index in [9.17, 15) is 14.4 Å². The lowest BCUT2D eigenvalue weighted by atomic mass is 9.85. The number of rotatable bonds is 7. The standard InChI is InChI=1S/C18H27N7O3/c1-11-10-25(24-21-11)8-7-19-17(27)13-3-5-14(6-4-13)20-16(26)9-15-12(2)22-23-18(15)28/h10,13-14H,3-9H2,1-2H3,(H,19,27)(H,20,26)(H2,22,23,28). The molecule has 152 valence electrons. The van der Waals surface area contributed by atoms with Crippen molar-refractivity contribution in [3.63, 3.8) is 0 Å². The summed E-state index contributed by atoms with van der Waals surface area (Å²) in [6, 6.07) is 0.0491. The van der Waals surface area contributed by atoms with E-state index in [-0.39, 0.29) is 35.8 Å². The summed E-state index contributed by atoms with van der Waals surface area (Å²) in [4.78, 5) is 36.2. The van der Waals surface area contributed by atoms with Crippen LogP contribution in [-0.2, 0) is 22.6 Å². The molecule has 0 saturated heterocycles. The fraction of sp³-hybridized carbons (Fsp3) is 0.611. The smallest absolute Gasteiger partial charge is 0.267 e. The number of hydrogen-bond acceptors (Lipinski definition) is 5. The van der Waals surface area contributed by atoms with Crippen LogP contribution in [0.25, 0.3) is 0 Å². The van der Waals surface area contributed by atoms with Gasteiger partial charge in [-0.15, -0.1) is 5.10 Å². The molecule has 0 atom stereocenters. The predicted octanol–water partition coefficient (Wildman–Crippen LogP) is -0.0548. The number of hydrogen-bond donors (Lipinski definition) is 4. The van der Waals surface area contributed by atoms with Crippen LogP contribution in [0.3, 0.4) is 0 Å². The highest BCUT2D eigenvalue weighted by atomic mass is 16.2. The average Bonchev–Trinajstić information content (AvgIpc) is 3.22. The molecular weight excluding hydrogens is 362 g/mol. The first-order valence-corrected chi connectivity index (χ1v) is 9.62. The number of carbonyl (C=O) groups excluding carboxylic acids is 2. The lowest BCUT2D eigenvalue weighted by Crippen LogP contribution is -2.42. The van der Waals surface area contributed by atoms with Crippen molar-refractivity contribution in [3.8, 4) is 0 Å². The molecule has 0 aliphatic heterocycles. The molecule has 28 heavy (non-hydrogen) atoms. The van der Waals surface area contributed by atoms with Gasteiger partial charge >= 0.3 is 0 Å². The predicted molar refractivity (Wildman–Crippen MR) is 102 cm³/mol. The summed E-state index contributed by atoms with van der Waals surface area (Å²) in [6.45, 7) is 4.74. The van der Waals surface area contributed by atoms with Gasteiger partial charge in [0, 0.05) is 36.0 Å². The van der Waals surface area contributed by atoms with Crippen LogP contribution in [-0.4, -0.2) is 49.6 Å². The lowest BCUT2D eigenvalue weighted by Gasteiger charge is -2.28. The molecule has 1 saturated carbocycles. The molecule has 2 aromatic rings. The molecule has 1 fully saturated rings. The van der Waals surface area contributed by atoms with Gasteiger partial charge in [0.1, 0.15) is 0 Å². The molecule has 1 aliphatic carbocycles. The summed E-state index contributed by atoms with van der Waals surface area (Å²) in [5, 5.41) is 19.0. The molecule has 3 rings (SSSR count). The average molecular weight is 389 g/mol. The molecule has 10 nitrogen and oxygen atoms in total. The molecule has 0 spiro atoms. The third-order valence-corrected chi connectivity index (χ3v) is 5.18. The highest BCUT2D eigenvalue weighted by Crippen LogP contribution is 2.24. The lowest BCUT2D eigenvalue weighted by molar-refractivity contribution is -0.126. The van der Waals surface area contributed by atoms with Crippen LogP contribution in [0.2, 0.25) is 0 Å². The maximum Gasteiger partial charge on any atom is 0.267 e. The Bertz CT molecular complexity index is 874. The van der Waals surface area contributed by atoms with E-state index < -0.39 is 0 Å². The molecule has 2 aromatic heterocycles. The number of H-pyrrole nitrogens is 2. The minimum absolute atomic E-state index is 0.0274. The van der Waals surface area contributed by atoms with Gasteiger partial charge < -0.3 is 15.7 Å². The normalized spacial score (nSPS) is 19.4. The van der Waals surface area contributed by atoms with Crippen LogP contribution in [0.15, 0.2) is 11.0 Å². The largest absolute Gasteiger partial charge is 0.354 e. The summed E-state index contributed by atoms with van der Waals surface area (Å²) in [5.74, 6) is -0.138.